The van der Waals surface area contributed by atoms with Gasteiger partial charge in [0, 0.05) is 26.6 Å². The summed E-state index contributed by atoms with van der Waals surface area (Å²) in [5.41, 5.74) is 0. The van der Waals surface area contributed by atoms with E-state index in [4.69, 9.17) is 9.47 Å². The van der Waals surface area contributed by atoms with Crippen LogP contribution in [0.4, 0.5) is 0 Å². The van der Waals surface area contributed by atoms with Crippen LogP contribution in [0.2, 0.25) is 0 Å². The van der Waals surface area contributed by atoms with Crippen LogP contribution in [0.5, 0.6) is 0 Å². The van der Waals surface area contributed by atoms with Gasteiger partial charge in [0.15, 0.2) is 0 Å². The molecule has 1 aliphatic rings. The van der Waals surface area contributed by atoms with Crippen LogP contribution in [0, 0.1) is 0 Å². The Hall–Kier alpha value is -0.650. The zero-order valence-corrected chi connectivity index (χ0v) is 8.54. The summed E-state index contributed by atoms with van der Waals surface area (Å²) < 4.78 is 10.7. The fourth-order valence-corrected chi connectivity index (χ4v) is 1.23. The Morgan fingerprint density at radius 2 is 2.57 bits per heavy atom. The molecule has 5 nitrogen and oxygen atoms in total. The maximum absolute atomic E-state index is 10.8. The molecule has 0 aromatic carbocycles. The van der Waals surface area contributed by atoms with E-state index >= 15 is 0 Å². The molecule has 0 spiro atoms. The number of rotatable bonds is 5. The van der Waals surface area contributed by atoms with Gasteiger partial charge in [-0.1, -0.05) is 0 Å². The molecule has 0 bridgehead atoms. The van der Waals surface area contributed by atoms with Gasteiger partial charge in [0.05, 0.1) is 25.9 Å². The Morgan fingerprint density at radius 3 is 3.21 bits per heavy atom. The highest BCUT2D eigenvalue weighted by Crippen LogP contribution is 1.96. The Bertz CT molecular complexity index is 169. The summed E-state index contributed by atoms with van der Waals surface area (Å²) in [6, 6.07) is 0. The third-order valence-corrected chi connectivity index (χ3v) is 2.06. The second-order valence-electron chi connectivity index (χ2n) is 3.20. The zero-order valence-electron chi connectivity index (χ0n) is 8.54. The van der Waals surface area contributed by atoms with Gasteiger partial charge in [0.25, 0.3) is 0 Å². The lowest BCUT2D eigenvalue weighted by atomic mass is 10.3. The van der Waals surface area contributed by atoms with Crippen molar-refractivity contribution in [3.8, 4) is 0 Å². The third-order valence-electron chi connectivity index (χ3n) is 2.06. The minimum atomic E-state index is 0.00712. The first-order valence-corrected chi connectivity index (χ1v) is 4.93. The molecule has 2 N–H and O–H groups in total. The summed E-state index contributed by atoms with van der Waals surface area (Å²) in [5.74, 6) is 0.00712. The van der Waals surface area contributed by atoms with Gasteiger partial charge in [-0.25, -0.2) is 0 Å². The van der Waals surface area contributed by atoms with Crippen LogP contribution < -0.4 is 10.6 Å². The van der Waals surface area contributed by atoms with Crippen molar-refractivity contribution < 1.29 is 14.3 Å². The van der Waals surface area contributed by atoms with E-state index in [0.29, 0.717) is 19.6 Å². The van der Waals surface area contributed by atoms with Crippen LogP contribution in [0.3, 0.4) is 0 Å². The van der Waals surface area contributed by atoms with E-state index < -0.39 is 0 Å². The lowest BCUT2D eigenvalue weighted by molar-refractivity contribution is -0.122. The SMILES string of the molecule is CNC(=O)CCOCC1CNCCO1. The van der Waals surface area contributed by atoms with Crippen molar-refractivity contribution in [1.29, 1.82) is 0 Å². The van der Waals surface area contributed by atoms with Crippen LogP contribution in [0.25, 0.3) is 0 Å². The Labute approximate surface area is 84.1 Å². The van der Waals surface area contributed by atoms with E-state index in [9.17, 15) is 4.79 Å². The highest BCUT2D eigenvalue weighted by atomic mass is 16.5. The molecular weight excluding hydrogens is 184 g/mol. The lowest BCUT2D eigenvalue weighted by Gasteiger charge is -2.23. The quantitative estimate of drug-likeness (QED) is 0.569. The molecule has 0 aromatic rings. The highest BCUT2D eigenvalue weighted by molar-refractivity contribution is 5.75. The minimum absolute atomic E-state index is 0.00712. The van der Waals surface area contributed by atoms with Gasteiger partial charge >= 0.3 is 0 Å². The fourth-order valence-electron chi connectivity index (χ4n) is 1.23. The van der Waals surface area contributed by atoms with Gasteiger partial charge in [-0.3, -0.25) is 4.79 Å². The van der Waals surface area contributed by atoms with Crippen LogP contribution in [-0.2, 0) is 14.3 Å². The lowest BCUT2D eigenvalue weighted by Crippen LogP contribution is -2.41. The monoisotopic (exact) mass is 202 g/mol. The van der Waals surface area contributed by atoms with E-state index in [0.717, 1.165) is 19.7 Å². The summed E-state index contributed by atoms with van der Waals surface area (Å²) in [4.78, 5) is 10.8. The van der Waals surface area contributed by atoms with Gasteiger partial charge in [0.2, 0.25) is 5.91 Å². The van der Waals surface area contributed by atoms with E-state index in [1.807, 2.05) is 0 Å². The third kappa shape index (κ3) is 4.55. The maximum atomic E-state index is 10.8. The molecule has 1 saturated heterocycles. The van der Waals surface area contributed by atoms with Crippen molar-refractivity contribution >= 4 is 5.91 Å². The van der Waals surface area contributed by atoms with Crippen molar-refractivity contribution in [3.05, 3.63) is 0 Å². The number of amides is 1. The summed E-state index contributed by atoms with van der Waals surface area (Å²) >= 11 is 0. The smallest absolute Gasteiger partial charge is 0.222 e. The van der Waals surface area contributed by atoms with Crippen molar-refractivity contribution in [2.24, 2.45) is 0 Å². The normalized spacial score (nSPS) is 21.9. The summed E-state index contributed by atoms with van der Waals surface area (Å²) in [6.07, 6.45) is 0.546. The number of ether oxygens (including phenoxy) is 2. The summed E-state index contributed by atoms with van der Waals surface area (Å²) in [6.45, 7) is 3.50. The largest absolute Gasteiger partial charge is 0.378 e. The Morgan fingerprint density at radius 1 is 1.71 bits per heavy atom. The fraction of sp³-hybridized carbons (Fsp3) is 0.889. The average Bonchev–Trinajstić information content (AvgIpc) is 2.25. The maximum Gasteiger partial charge on any atom is 0.222 e. The van der Waals surface area contributed by atoms with Crippen LogP contribution in [0.1, 0.15) is 6.42 Å². The van der Waals surface area contributed by atoms with Gasteiger partial charge in [-0.15, -0.1) is 0 Å². The van der Waals surface area contributed by atoms with Gasteiger partial charge in [-0.05, 0) is 0 Å². The molecule has 1 aliphatic heterocycles. The molecule has 1 unspecified atom stereocenters. The molecule has 5 heteroatoms. The number of carbonyl (C=O) groups excluding carboxylic acids is 1. The van der Waals surface area contributed by atoms with Crippen molar-refractivity contribution in [2.75, 3.05) is 40.0 Å². The number of morpholine rings is 1. The first-order valence-electron chi connectivity index (χ1n) is 4.93. The van der Waals surface area contributed by atoms with E-state index in [1.54, 1.807) is 7.05 Å². The van der Waals surface area contributed by atoms with Gasteiger partial charge in [0.1, 0.15) is 0 Å². The number of hydrogen-bond acceptors (Lipinski definition) is 4. The molecule has 0 aromatic heterocycles. The number of hydrogen-bond donors (Lipinski definition) is 2. The van der Waals surface area contributed by atoms with Crippen LogP contribution >= 0.6 is 0 Å². The molecule has 0 saturated carbocycles. The molecule has 1 atom stereocenters. The second kappa shape index (κ2) is 6.75. The Kier molecular flexibility index (Phi) is 5.51. The number of carbonyl (C=O) groups is 1. The molecule has 14 heavy (non-hydrogen) atoms. The molecule has 1 amide bonds. The van der Waals surface area contributed by atoms with Crippen molar-refractivity contribution in [1.82, 2.24) is 10.6 Å². The minimum Gasteiger partial charge on any atom is -0.378 e. The Balaban J connectivity index is 1.94. The molecular formula is C9H18N2O3. The molecule has 0 aliphatic carbocycles. The zero-order chi connectivity index (χ0) is 10.2. The van der Waals surface area contributed by atoms with Gasteiger partial charge < -0.3 is 20.1 Å². The standard InChI is InChI=1S/C9H18N2O3/c1-10-9(12)2-4-13-7-8-6-11-3-5-14-8/h8,11H,2-7H2,1H3,(H,10,12). The predicted molar refractivity (Wildman–Crippen MR) is 52.1 cm³/mol. The molecule has 0 radical (unpaired) electrons. The van der Waals surface area contributed by atoms with Crippen molar-refractivity contribution in [3.63, 3.8) is 0 Å². The van der Waals surface area contributed by atoms with E-state index in [2.05, 4.69) is 10.6 Å². The number of nitrogens with one attached hydrogen (secondary N) is 2. The molecule has 1 heterocycles. The second-order valence-corrected chi connectivity index (χ2v) is 3.20. The topological polar surface area (TPSA) is 59.6 Å². The summed E-state index contributed by atoms with van der Waals surface area (Å²) in [7, 11) is 1.62. The van der Waals surface area contributed by atoms with Crippen molar-refractivity contribution in [2.45, 2.75) is 12.5 Å². The molecule has 82 valence electrons. The average molecular weight is 202 g/mol. The predicted octanol–water partition coefficient (Wildman–Crippen LogP) is -0.872. The van der Waals surface area contributed by atoms with Crippen LogP contribution in [0.15, 0.2) is 0 Å². The highest BCUT2D eigenvalue weighted by Gasteiger charge is 2.12. The molecule has 1 rings (SSSR count). The summed E-state index contributed by atoms with van der Waals surface area (Å²) in [5, 5.41) is 5.75. The van der Waals surface area contributed by atoms with Gasteiger partial charge in [-0.2, -0.15) is 0 Å². The first kappa shape index (κ1) is 11.4. The van der Waals surface area contributed by atoms with Crippen LogP contribution in [-0.4, -0.2) is 52.0 Å². The first-order chi connectivity index (χ1) is 6.83. The molecule has 1 fully saturated rings. The van der Waals surface area contributed by atoms with E-state index in [1.165, 1.54) is 0 Å². The van der Waals surface area contributed by atoms with E-state index in [-0.39, 0.29) is 12.0 Å².